The summed E-state index contributed by atoms with van der Waals surface area (Å²) >= 11 is 3.49. The molecular weight excluding hydrogens is 345 g/mol. The van der Waals surface area contributed by atoms with Gasteiger partial charge in [0.1, 0.15) is 5.69 Å². The second kappa shape index (κ2) is 5.48. The van der Waals surface area contributed by atoms with Crippen LogP contribution in [0.25, 0.3) is 10.9 Å². The summed E-state index contributed by atoms with van der Waals surface area (Å²) < 4.78 is 40.4. The van der Waals surface area contributed by atoms with Crippen molar-refractivity contribution in [3.63, 3.8) is 0 Å². The Morgan fingerprint density at radius 1 is 1.19 bits per heavy atom. The fourth-order valence-electron chi connectivity index (χ4n) is 2.53. The molecule has 2 aromatic rings. The minimum Gasteiger partial charge on any atom is -0.384 e. The summed E-state index contributed by atoms with van der Waals surface area (Å²) in [7, 11) is 0. The lowest BCUT2D eigenvalue weighted by Gasteiger charge is -2.19. The van der Waals surface area contributed by atoms with Gasteiger partial charge in [-0.25, -0.2) is 4.98 Å². The second-order valence-corrected chi connectivity index (χ2v) is 5.81. The van der Waals surface area contributed by atoms with Gasteiger partial charge in [-0.2, -0.15) is 13.2 Å². The Balaban J connectivity index is 2.97. The van der Waals surface area contributed by atoms with Gasteiger partial charge in [0, 0.05) is 27.7 Å². The molecule has 0 atom stereocenters. The largest absolute Gasteiger partial charge is 0.433 e. The number of aromatic nitrogens is 1. The highest BCUT2D eigenvalue weighted by Crippen LogP contribution is 2.40. The molecule has 0 amide bonds. The Hall–Kier alpha value is -1.30. The van der Waals surface area contributed by atoms with E-state index in [1.807, 2.05) is 20.8 Å². The summed E-state index contributed by atoms with van der Waals surface area (Å²) in [6, 6.07) is 1.68. The number of hydrogen-bond acceptors (Lipinski definition) is 2. The van der Waals surface area contributed by atoms with Crippen LogP contribution in [-0.4, -0.2) is 11.5 Å². The fraction of sp³-hybridized carbons (Fsp3) is 0.400. The van der Waals surface area contributed by atoms with Crippen molar-refractivity contribution in [3.05, 3.63) is 32.9 Å². The van der Waals surface area contributed by atoms with Crippen molar-refractivity contribution in [2.45, 2.75) is 33.9 Å². The lowest BCUT2D eigenvalue weighted by atomic mass is 10.00. The number of alkyl halides is 3. The van der Waals surface area contributed by atoms with Crippen molar-refractivity contribution in [1.29, 1.82) is 0 Å². The SMILES string of the molecule is CCNc1c(C)c(C(F)(F)F)nc2cc(C)c(Br)c(C)c12. The first-order valence-electron chi connectivity index (χ1n) is 6.59. The number of pyridine rings is 1. The molecule has 2 rings (SSSR count). The van der Waals surface area contributed by atoms with Gasteiger partial charge in [0.05, 0.1) is 5.52 Å². The Morgan fingerprint density at radius 2 is 1.81 bits per heavy atom. The number of benzene rings is 1. The first-order chi connectivity index (χ1) is 9.68. The quantitative estimate of drug-likeness (QED) is 0.778. The van der Waals surface area contributed by atoms with Crippen LogP contribution in [0.2, 0.25) is 0 Å². The van der Waals surface area contributed by atoms with Crippen molar-refractivity contribution in [2.75, 3.05) is 11.9 Å². The zero-order chi connectivity index (χ0) is 15.9. The molecule has 0 radical (unpaired) electrons. The molecule has 1 aromatic heterocycles. The third-order valence-electron chi connectivity index (χ3n) is 3.49. The number of rotatable bonds is 2. The van der Waals surface area contributed by atoms with Gasteiger partial charge in [0.2, 0.25) is 0 Å². The van der Waals surface area contributed by atoms with E-state index in [-0.39, 0.29) is 5.56 Å². The first-order valence-corrected chi connectivity index (χ1v) is 7.38. The van der Waals surface area contributed by atoms with E-state index in [4.69, 9.17) is 0 Å². The standard InChI is InChI=1S/C15H16BrF3N2/c1-5-20-13-9(4)14(15(17,18)19)21-10-6-7(2)12(16)8(3)11(10)13/h6H,5H2,1-4H3,(H,20,21). The molecule has 0 saturated heterocycles. The Bertz CT molecular complexity index is 709. The van der Waals surface area contributed by atoms with Crippen LogP contribution in [0.15, 0.2) is 10.5 Å². The van der Waals surface area contributed by atoms with Crippen molar-refractivity contribution in [2.24, 2.45) is 0 Å². The van der Waals surface area contributed by atoms with Gasteiger partial charge in [-0.15, -0.1) is 0 Å². The van der Waals surface area contributed by atoms with E-state index < -0.39 is 11.9 Å². The molecule has 1 N–H and O–H groups in total. The van der Waals surface area contributed by atoms with Crippen LogP contribution in [0.1, 0.15) is 29.3 Å². The van der Waals surface area contributed by atoms with E-state index in [1.54, 1.807) is 6.07 Å². The molecule has 0 aliphatic carbocycles. The topological polar surface area (TPSA) is 24.9 Å². The minimum absolute atomic E-state index is 0.135. The summed E-state index contributed by atoms with van der Waals surface area (Å²) in [5.41, 5.74) is 1.94. The van der Waals surface area contributed by atoms with Crippen LogP contribution in [0.4, 0.5) is 18.9 Å². The number of fused-ring (bicyclic) bond motifs is 1. The molecule has 0 bridgehead atoms. The number of anilines is 1. The maximum atomic E-state index is 13.2. The Morgan fingerprint density at radius 3 is 2.33 bits per heavy atom. The summed E-state index contributed by atoms with van der Waals surface area (Å²) in [5.74, 6) is 0. The fourth-order valence-corrected chi connectivity index (χ4v) is 2.84. The van der Waals surface area contributed by atoms with E-state index in [9.17, 15) is 13.2 Å². The van der Waals surface area contributed by atoms with Gasteiger partial charge in [0.25, 0.3) is 0 Å². The number of nitrogens with one attached hydrogen (secondary N) is 1. The molecule has 2 nitrogen and oxygen atoms in total. The zero-order valence-corrected chi connectivity index (χ0v) is 13.8. The van der Waals surface area contributed by atoms with Crippen molar-refractivity contribution in [3.8, 4) is 0 Å². The lowest BCUT2D eigenvalue weighted by molar-refractivity contribution is -0.141. The molecule has 0 spiro atoms. The van der Waals surface area contributed by atoms with Crippen molar-refractivity contribution >= 4 is 32.5 Å². The monoisotopic (exact) mass is 360 g/mol. The summed E-state index contributed by atoms with van der Waals surface area (Å²) in [5, 5.41) is 3.79. The van der Waals surface area contributed by atoms with Gasteiger partial charge < -0.3 is 5.32 Å². The Kier molecular flexibility index (Phi) is 4.19. The van der Waals surface area contributed by atoms with Crippen LogP contribution >= 0.6 is 15.9 Å². The van der Waals surface area contributed by atoms with E-state index in [1.165, 1.54) is 6.92 Å². The van der Waals surface area contributed by atoms with E-state index >= 15 is 0 Å². The lowest BCUT2D eigenvalue weighted by Crippen LogP contribution is -2.14. The highest BCUT2D eigenvalue weighted by atomic mass is 79.9. The zero-order valence-electron chi connectivity index (χ0n) is 12.2. The maximum Gasteiger partial charge on any atom is 0.433 e. The predicted molar refractivity (Wildman–Crippen MR) is 82.8 cm³/mol. The average Bonchev–Trinajstić information content (AvgIpc) is 2.38. The smallest absolute Gasteiger partial charge is 0.384 e. The van der Waals surface area contributed by atoms with Crippen molar-refractivity contribution in [1.82, 2.24) is 4.98 Å². The third-order valence-corrected chi connectivity index (χ3v) is 4.71. The number of nitrogens with zero attached hydrogens (tertiary/aromatic N) is 1. The van der Waals surface area contributed by atoms with E-state index in [0.29, 0.717) is 17.7 Å². The van der Waals surface area contributed by atoms with Crippen LogP contribution in [0, 0.1) is 20.8 Å². The van der Waals surface area contributed by atoms with Crippen LogP contribution in [0.3, 0.4) is 0 Å². The number of halogens is 4. The minimum atomic E-state index is -4.46. The second-order valence-electron chi connectivity index (χ2n) is 5.02. The molecule has 21 heavy (non-hydrogen) atoms. The van der Waals surface area contributed by atoms with Gasteiger partial charge >= 0.3 is 6.18 Å². The normalized spacial score (nSPS) is 12.0. The molecule has 1 aromatic carbocycles. The van der Waals surface area contributed by atoms with Crippen LogP contribution in [-0.2, 0) is 6.18 Å². The first kappa shape index (κ1) is 16.1. The molecule has 0 saturated carbocycles. The average molecular weight is 361 g/mol. The molecule has 0 aliphatic heterocycles. The molecular formula is C15H16BrF3N2. The van der Waals surface area contributed by atoms with Gasteiger partial charge in [-0.05, 0) is 44.9 Å². The highest BCUT2D eigenvalue weighted by molar-refractivity contribution is 9.10. The highest BCUT2D eigenvalue weighted by Gasteiger charge is 2.36. The number of hydrogen-bond donors (Lipinski definition) is 1. The Labute approximate surface area is 129 Å². The molecule has 6 heteroatoms. The van der Waals surface area contributed by atoms with Crippen LogP contribution < -0.4 is 5.32 Å². The number of aryl methyl sites for hydroxylation is 2. The van der Waals surface area contributed by atoms with E-state index in [0.717, 1.165) is 21.0 Å². The van der Waals surface area contributed by atoms with Crippen LogP contribution in [0.5, 0.6) is 0 Å². The van der Waals surface area contributed by atoms with Gasteiger partial charge in [0.15, 0.2) is 0 Å². The molecule has 0 fully saturated rings. The molecule has 0 unspecified atom stereocenters. The third kappa shape index (κ3) is 2.73. The summed E-state index contributed by atoms with van der Waals surface area (Å²) in [6.45, 7) is 7.59. The van der Waals surface area contributed by atoms with Gasteiger partial charge in [-0.3, -0.25) is 0 Å². The van der Waals surface area contributed by atoms with Crippen molar-refractivity contribution < 1.29 is 13.2 Å². The van der Waals surface area contributed by atoms with E-state index in [2.05, 4.69) is 26.2 Å². The van der Waals surface area contributed by atoms with Gasteiger partial charge in [-0.1, -0.05) is 15.9 Å². The summed E-state index contributed by atoms with van der Waals surface area (Å²) in [6.07, 6.45) is -4.46. The molecule has 114 valence electrons. The molecule has 0 aliphatic rings. The predicted octanol–water partition coefficient (Wildman–Crippen LogP) is 5.37. The summed E-state index contributed by atoms with van der Waals surface area (Å²) in [4.78, 5) is 3.87. The maximum absolute atomic E-state index is 13.2. The molecule has 1 heterocycles.